The zero-order valence-corrected chi connectivity index (χ0v) is 61.8. The lowest BCUT2D eigenvalue weighted by Crippen LogP contribution is -2.28. The summed E-state index contributed by atoms with van der Waals surface area (Å²) in [5.74, 6) is -0.438. The summed E-state index contributed by atoms with van der Waals surface area (Å²) in [6.07, 6.45) is 0. The highest BCUT2D eigenvalue weighted by Gasteiger charge is 2.48. The van der Waals surface area contributed by atoms with E-state index in [2.05, 4.69) is 303 Å². The molecule has 0 aliphatic rings. The van der Waals surface area contributed by atoms with Crippen LogP contribution < -0.4 is 19.3 Å². The van der Waals surface area contributed by atoms with Gasteiger partial charge in [-0.25, -0.2) is 0 Å². The Morgan fingerprint density at radius 2 is 0.518 bits per heavy atom. The fourth-order valence-corrected chi connectivity index (χ4v) is 15.2. The van der Waals surface area contributed by atoms with Gasteiger partial charge in [-0.05, 0) is 261 Å². The molecule has 0 bridgehead atoms. The maximum absolute atomic E-state index is 12.7. The number of aryl methyl sites for hydroxylation is 7. The van der Waals surface area contributed by atoms with Crippen molar-refractivity contribution in [2.24, 2.45) is 0 Å². The minimum absolute atomic E-state index is 0.438. The number of halogens is 3. The fraction of sp³-hybridized carbons (Fsp3) is 0.0833. The molecule has 0 saturated carbocycles. The summed E-state index contributed by atoms with van der Waals surface area (Å²) in [7, 11) is -5.77. The number of hydrogen-bond donors (Lipinski definition) is 1. The second-order valence-electron chi connectivity index (χ2n) is 28.8. The molecule has 20 aromatic rings. The number of hydrogen-bond acceptors (Lipinski definition) is 10. The molecule has 0 saturated heterocycles. The van der Waals surface area contributed by atoms with Gasteiger partial charge in [-0.1, -0.05) is 148 Å². The van der Waals surface area contributed by atoms with Gasteiger partial charge in [-0.15, -0.1) is 0 Å². The third kappa shape index (κ3) is 13.0. The summed E-state index contributed by atoms with van der Waals surface area (Å²) in [5, 5.41) is 19.2. The van der Waals surface area contributed by atoms with E-state index in [4.69, 9.17) is 17.7 Å². The molecule has 0 aliphatic carbocycles. The van der Waals surface area contributed by atoms with Crippen molar-refractivity contribution in [1.29, 1.82) is 0 Å². The molecule has 4 heterocycles. The lowest BCUT2D eigenvalue weighted by molar-refractivity contribution is -0.0500. The Kier molecular flexibility index (Phi) is 16.7. The molecule has 16 aromatic carbocycles. The molecular formula is C96H70F3N3O7S. The first kappa shape index (κ1) is 68.5. The van der Waals surface area contributed by atoms with Crippen LogP contribution in [0.2, 0.25) is 0 Å². The van der Waals surface area contributed by atoms with E-state index in [1.54, 1.807) is 6.07 Å². The average Bonchev–Trinajstić information content (AvgIpc) is 1.58. The number of nitrogens with one attached hydrogen (secondary N) is 1. The Bertz CT molecular complexity index is 6790. The van der Waals surface area contributed by atoms with Gasteiger partial charge < -0.3 is 37.0 Å². The van der Waals surface area contributed by atoms with Crippen molar-refractivity contribution in [3.8, 4) is 5.75 Å². The largest absolute Gasteiger partial charge is 0.534 e. The molecule has 1 N–H and O–H groups in total. The summed E-state index contributed by atoms with van der Waals surface area (Å²) >= 11 is 0. The van der Waals surface area contributed by atoms with Gasteiger partial charge in [0.05, 0.1) is 0 Å². The first-order valence-electron chi connectivity index (χ1n) is 36.3. The molecule has 0 fully saturated rings. The molecule has 110 heavy (non-hydrogen) atoms. The zero-order chi connectivity index (χ0) is 75.4. The molecule has 4 aromatic heterocycles. The highest BCUT2D eigenvalue weighted by molar-refractivity contribution is 7.88. The summed E-state index contributed by atoms with van der Waals surface area (Å²) in [4.78, 5) is 4.63. The molecule has 0 radical (unpaired) electrons. The zero-order valence-electron chi connectivity index (χ0n) is 61.0. The molecular weight excluding hydrogens is 1400 g/mol. The fourth-order valence-electron chi connectivity index (χ4n) is 14.7. The van der Waals surface area contributed by atoms with Crippen molar-refractivity contribution in [1.82, 2.24) is 0 Å². The van der Waals surface area contributed by atoms with Crippen molar-refractivity contribution >= 4 is 186 Å². The van der Waals surface area contributed by atoms with Crippen molar-refractivity contribution in [3.05, 3.63) is 330 Å². The van der Waals surface area contributed by atoms with E-state index >= 15 is 0 Å². The van der Waals surface area contributed by atoms with Crippen molar-refractivity contribution in [3.63, 3.8) is 0 Å². The van der Waals surface area contributed by atoms with Gasteiger partial charge in [0.25, 0.3) is 0 Å². The number of benzene rings is 16. The summed E-state index contributed by atoms with van der Waals surface area (Å²) in [6, 6.07) is 99.9. The van der Waals surface area contributed by atoms with Crippen molar-refractivity contribution < 1.29 is 43.4 Å². The van der Waals surface area contributed by atoms with Gasteiger partial charge in [-0.3, -0.25) is 0 Å². The third-order valence-electron chi connectivity index (χ3n) is 20.6. The lowest BCUT2D eigenvalue weighted by atomic mass is 10.0. The molecule has 14 heteroatoms. The topological polar surface area (TPSA) is 114 Å². The van der Waals surface area contributed by atoms with Crippen LogP contribution in [0.15, 0.2) is 309 Å². The smallest absolute Gasteiger partial charge is 0.456 e. The van der Waals surface area contributed by atoms with Crippen LogP contribution in [0.1, 0.15) is 38.9 Å². The van der Waals surface area contributed by atoms with Crippen LogP contribution in [0.3, 0.4) is 0 Å². The Morgan fingerprint density at radius 1 is 0.264 bits per heavy atom. The van der Waals surface area contributed by atoms with Crippen LogP contribution in [0, 0.1) is 48.5 Å². The van der Waals surface area contributed by atoms with Crippen LogP contribution in [-0.2, 0) is 10.1 Å². The van der Waals surface area contributed by atoms with E-state index < -0.39 is 21.4 Å². The summed E-state index contributed by atoms with van der Waals surface area (Å²) in [6.45, 7) is 14.7. The van der Waals surface area contributed by atoms with Crippen LogP contribution in [0.5, 0.6) is 5.75 Å². The number of alkyl halides is 3. The van der Waals surface area contributed by atoms with E-state index in [1.165, 1.54) is 57.1 Å². The van der Waals surface area contributed by atoms with Gasteiger partial charge >= 0.3 is 15.6 Å². The molecule has 10 nitrogen and oxygen atoms in total. The quantitative estimate of drug-likeness (QED) is 0.105. The Labute approximate surface area is 631 Å². The molecule has 0 amide bonds. The number of nitrogens with zero attached hydrogens (tertiary/aromatic N) is 2. The second kappa shape index (κ2) is 26.9. The van der Waals surface area contributed by atoms with E-state index in [-0.39, 0.29) is 0 Å². The summed E-state index contributed by atoms with van der Waals surface area (Å²) in [5.41, 5.74) is 18.0. The number of furan rings is 4. The van der Waals surface area contributed by atoms with Gasteiger partial charge in [-0.2, -0.15) is 21.6 Å². The number of rotatable bonds is 10. The molecule has 0 unspecified atom stereocenters. The predicted octanol–water partition coefficient (Wildman–Crippen LogP) is 28.3. The Balaban J connectivity index is 0.000000138. The maximum atomic E-state index is 12.7. The number of fused-ring (bicyclic) bond motifs is 16. The first-order chi connectivity index (χ1) is 53.1. The van der Waals surface area contributed by atoms with Crippen LogP contribution in [0.25, 0.3) is 131 Å². The lowest BCUT2D eigenvalue weighted by Gasteiger charge is -2.26. The normalized spacial score (nSPS) is 12.0. The molecule has 538 valence electrons. The second-order valence-corrected chi connectivity index (χ2v) is 30.3. The van der Waals surface area contributed by atoms with E-state index in [0.29, 0.717) is 27.5 Å². The highest BCUT2D eigenvalue weighted by Crippen LogP contribution is 2.45. The van der Waals surface area contributed by atoms with Crippen molar-refractivity contribution in [2.45, 2.75) is 54.0 Å². The van der Waals surface area contributed by atoms with Crippen LogP contribution in [-0.4, -0.2) is 13.9 Å². The van der Waals surface area contributed by atoms with Gasteiger partial charge in [0, 0.05) is 101 Å². The summed E-state index contributed by atoms with van der Waals surface area (Å²) < 4.78 is 90.6. The predicted molar refractivity (Wildman–Crippen MR) is 446 cm³/mol. The van der Waals surface area contributed by atoms with E-state index in [9.17, 15) is 21.6 Å². The van der Waals surface area contributed by atoms with Gasteiger partial charge in [0.1, 0.15) is 50.4 Å². The SMILES string of the molecule is Cc1ccc(N(c2ccc(C)cc2)c2ccc3cc4c(cc3c2)oc2cc3oc5cc6cc(N(c7ccc(C)cc7)c7ccc(C)cc7)ccc6cc5c3cc24)cc1.Cc1ccc(Nc2ccc(C)cc2)cc1.Cc1ccc2cc3c(cc2c1)oc1cc2oc4cc5cc(OS(=O)(=O)C(F)(F)F)ccc5cc4c2cc13. The van der Waals surface area contributed by atoms with Crippen LogP contribution in [0.4, 0.5) is 58.7 Å². The van der Waals surface area contributed by atoms with E-state index in [0.717, 1.165) is 149 Å². The number of anilines is 8. The van der Waals surface area contributed by atoms with Crippen LogP contribution >= 0.6 is 0 Å². The van der Waals surface area contributed by atoms with Crippen molar-refractivity contribution in [2.75, 3.05) is 15.1 Å². The molecule has 0 atom stereocenters. The maximum Gasteiger partial charge on any atom is 0.534 e. The Hall–Kier alpha value is -13.3. The highest BCUT2D eigenvalue weighted by atomic mass is 32.2. The molecule has 20 rings (SSSR count). The van der Waals surface area contributed by atoms with E-state index in [1.807, 2.05) is 31.2 Å². The van der Waals surface area contributed by atoms with Gasteiger partial charge in [0.2, 0.25) is 0 Å². The minimum atomic E-state index is -5.77. The third-order valence-corrected chi connectivity index (χ3v) is 21.6. The average molecular weight is 1470 g/mol. The monoisotopic (exact) mass is 1470 g/mol. The first-order valence-corrected chi connectivity index (χ1v) is 37.7. The van der Waals surface area contributed by atoms with Gasteiger partial charge in [0.15, 0.2) is 0 Å². The Morgan fingerprint density at radius 3 is 0.845 bits per heavy atom. The molecule has 0 aliphatic heterocycles. The standard InChI is InChI=1S/C54H40N2O2.C28H15F3O5S.C14H15N/c1-33-5-15-41(16-6-33)55(42-17-7-34(2)8-18-42)45-23-13-37-27-47-49-31-50-48-28-38-14-24-46(56(43-19-9-35(3)10-20-43)44-21-11-36(4)12-22-44)26-40(38)30-52(48)58-54(50)32-53(49)57-51(47)29-39(37)25-45;1-14-2-3-15-8-20-22-12-23-21-9-16-4-5-19(36-37(32,33)28(29,30)31)7-18(16)11-25(21)35-27(23)13-26(22)34-24(20)10-17(15)6-14;1-11-3-7-13(8-4-11)15-14-9-5-12(2)6-10-14/h5-32H,1-4H3;2-13H,1H3;3-10,15H,1-2H3. The minimum Gasteiger partial charge on any atom is -0.456 e. The molecule has 0 spiro atoms.